The molecular weight excluding hydrogens is 354 g/mol. The minimum atomic E-state index is -0.00410. The normalized spacial score (nSPS) is 10.7. The number of hydrogen-bond acceptors (Lipinski definition) is 6. The number of hydrogen-bond donors (Lipinski definition) is 1. The molecule has 6 nitrogen and oxygen atoms in total. The van der Waals surface area contributed by atoms with Gasteiger partial charge in [-0.25, -0.2) is 9.97 Å². The third-order valence-electron chi connectivity index (χ3n) is 3.90. The van der Waals surface area contributed by atoms with E-state index in [9.17, 15) is 0 Å². The van der Waals surface area contributed by atoms with Gasteiger partial charge in [0.25, 0.3) is 0 Å². The number of ether oxygens (including phenoxy) is 3. The van der Waals surface area contributed by atoms with Gasteiger partial charge in [0.15, 0.2) is 11.5 Å². The Hall–Kier alpha value is -3.30. The zero-order valence-corrected chi connectivity index (χ0v) is 16.2. The fourth-order valence-electron chi connectivity index (χ4n) is 2.68. The fraction of sp³-hybridized carbons (Fsp3) is 0.273. The Labute approximate surface area is 164 Å². The number of aromatic nitrogens is 2. The van der Waals surface area contributed by atoms with Crippen molar-refractivity contribution < 1.29 is 14.2 Å². The first-order valence-electron chi connectivity index (χ1n) is 9.01. The van der Waals surface area contributed by atoms with Gasteiger partial charge < -0.3 is 19.5 Å². The van der Waals surface area contributed by atoms with Crippen molar-refractivity contribution in [1.29, 1.82) is 0 Å². The largest absolute Gasteiger partial charge is 0.487 e. The maximum Gasteiger partial charge on any atom is 0.163 e. The Kier molecular flexibility index (Phi) is 6.30. The van der Waals surface area contributed by atoms with Crippen LogP contribution in [0.3, 0.4) is 0 Å². The maximum atomic E-state index is 5.95. The molecule has 1 heterocycles. The Morgan fingerprint density at radius 2 is 1.96 bits per heavy atom. The molecular formula is C22H23N3O3. The van der Waals surface area contributed by atoms with Crippen LogP contribution in [0.5, 0.6) is 11.5 Å². The van der Waals surface area contributed by atoms with E-state index in [1.54, 1.807) is 7.11 Å². The van der Waals surface area contributed by atoms with E-state index in [0.29, 0.717) is 30.5 Å². The number of methoxy groups -OCH3 is 1. The Morgan fingerprint density at radius 1 is 1.11 bits per heavy atom. The molecule has 3 aromatic rings. The van der Waals surface area contributed by atoms with Crippen LogP contribution in [-0.2, 0) is 4.74 Å². The Bertz CT molecular complexity index is 996. The highest BCUT2D eigenvalue weighted by molar-refractivity contribution is 5.93. The highest BCUT2D eigenvalue weighted by Crippen LogP contribution is 2.35. The third kappa shape index (κ3) is 4.70. The number of rotatable bonds is 8. The van der Waals surface area contributed by atoms with Crippen LogP contribution in [0.4, 0.5) is 11.5 Å². The van der Waals surface area contributed by atoms with E-state index in [-0.39, 0.29) is 6.10 Å². The summed E-state index contributed by atoms with van der Waals surface area (Å²) >= 11 is 0. The number of terminal acetylenes is 1. The van der Waals surface area contributed by atoms with Crippen LogP contribution in [0.1, 0.15) is 19.4 Å². The number of benzene rings is 2. The molecule has 144 valence electrons. The summed E-state index contributed by atoms with van der Waals surface area (Å²) in [4.78, 5) is 8.77. The average molecular weight is 377 g/mol. The molecule has 1 aromatic heterocycles. The SMILES string of the molecule is C#Cc1cccc(Nc2ncnc3cc(OCCOC)c(OC(C)C)cc23)c1. The van der Waals surface area contributed by atoms with Crippen molar-refractivity contribution in [3.05, 3.63) is 48.3 Å². The van der Waals surface area contributed by atoms with Gasteiger partial charge in [0.05, 0.1) is 18.2 Å². The quantitative estimate of drug-likeness (QED) is 0.470. The maximum absolute atomic E-state index is 5.95. The van der Waals surface area contributed by atoms with Crippen molar-refractivity contribution in [3.63, 3.8) is 0 Å². The highest BCUT2D eigenvalue weighted by atomic mass is 16.5. The molecule has 0 atom stereocenters. The molecule has 0 radical (unpaired) electrons. The lowest BCUT2D eigenvalue weighted by Crippen LogP contribution is -2.10. The van der Waals surface area contributed by atoms with E-state index in [2.05, 4.69) is 21.2 Å². The monoisotopic (exact) mass is 377 g/mol. The van der Waals surface area contributed by atoms with Crippen molar-refractivity contribution in [2.75, 3.05) is 25.6 Å². The summed E-state index contributed by atoms with van der Waals surface area (Å²) < 4.78 is 16.8. The van der Waals surface area contributed by atoms with Crippen LogP contribution in [0, 0.1) is 12.3 Å². The van der Waals surface area contributed by atoms with E-state index in [1.807, 2.05) is 50.2 Å². The molecule has 0 aliphatic carbocycles. The first kappa shape index (κ1) is 19.5. The van der Waals surface area contributed by atoms with Gasteiger partial charge in [0.1, 0.15) is 18.8 Å². The minimum Gasteiger partial charge on any atom is -0.487 e. The average Bonchev–Trinajstić information content (AvgIpc) is 2.69. The summed E-state index contributed by atoms with van der Waals surface area (Å²) in [7, 11) is 1.63. The molecule has 0 unspecified atom stereocenters. The Balaban J connectivity index is 2.00. The van der Waals surface area contributed by atoms with E-state index >= 15 is 0 Å². The van der Waals surface area contributed by atoms with Gasteiger partial charge in [0.2, 0.25) is 0 Å². The molecule has 0 amide bonds. The summed E-state index contributed by atoms with van der Waals surface area (Å²) in [5, 5.41) is 4.13. The number of nitrogens with one attached hydrogen (secondary N) is 1. The lowest BCUT2D eigenvalue weighted by Gasteiger charge is -2.17. The second kappa shape index (κ2) is 9.07. The minimum absolute atomic E-state index is 0.00410. The zero-order chi connectivity index (χ0) is 19.9. The van der Waals surface area contributed by atoms with Gasteiger partial charge >= 0.3 is 0 Å². The first-order chi connectivity index (χ1) is 13.6. The van der Waals surface area contributed by atoms with E-state index in [4.69, 9.17) is 20.6 Å². The Morgan fingerprint density at radius 3 is 2.71 bits per heavy atom. The first-order valence-corrected chi connectivity index (χ1v) is 9.01. The molecule has 6 heteroatoms. The van der Waals surface area contributed by atoms with Crippen LogP contribution in [0.2, 0.25) is 0 Å². The van der Waals surface area contributed by atoms with Crippen LogP contribution in [-0.4, -0.2) is 36.4 Å². The van der Waals surface area contributed by atoms with Gasteiger partial charge in [0, 0.05) is 29.8 Å². The standard InChI is InChI=1S/C22H23N3O3/c1-5-16-7-6-8-17(11-16)25-22-18-12-21(28-15(2)3)20(27-10-9-26-4)13-19(18)23-14-24-22/h1,6-8,11-15H,9-10H2,2-4H3,(H,23,24,25). The summed E-state index contributed by atoms with van der Waals surface area (Å²) in [5.41, 5.74) is 2.39. The summed E-state index contributed by atoms with van der Waals surface area (Å²) in [6, 6.07) is 11.3. The van der Waals surface area contributed by atoms with Gasteiger partial charge in [-0.15, -0.1) is 6.42 Å². The van der Waals surface area contributed by atoms with Gasteiger partial charge in [-0.1, -0.05) is 12.0 Å². The van der Waals surface area contributed by atoms with Gasteiger partial charge in [-0.2, -0.15) is 0 Å². The smallest absolute Gasteiger partial charge is 0.163 e. The second-order valence-corrected chi connectivity index (χ2v) is 6.40. The molecule has 0 saturated heterocycles. The zero-order valence-electron chi connectivity index (χ0n) is 16.2. The lowest BCUT2D eigenvalue weighted by atomic mass is 10.2. The molecule has 28 heavy (non-hydrogen) atoms. The van der Waals surface area contributed by atoms with Crippen molar-refractivity contribution in [1.82, 2.24) is 9.97 Å². The van der Waals surface area contributed by atoms with Gasteiger partial charge in [-0.05, 0) is 38.1 Å². The van der Waals surface area contributed by atoms with Crippen molar-refractivity contribution in [3.8, 4) is 23.8 Å². The summed E-state index contributed by atoms with van der Waals surface area (Å²) in [6.45, 7) is 4.84. The molecule has 0 fully saturated rings. The molecule has 1 N–H and O–H groups in total. The molecule has 3 rings (SSSR count). The van der Waals surface area contributed by atoms with Crippen molar-refractivity contribution in [2.24, 2.45) is 0 Å². The van der Waals surface area contributed by atoms with Crippen molar-refractivity contribution >= 4 is 22.4 Å². The third-order valence-corrected chi connectivity index (χ3v) is 3.90. The summed E-state index contributed by atoms with van der Waals surface area (Å²) in [5.74, 6) is 4.55. The number of nitrogens with zero attached hydrogens (tertiary/aromatic N) is 2. The number of fused-ring (bicyclic) bond motifs is 1. The van der Waals surface area contributed by atoms with Gasteiger partial charge in [-0.3, -0.25) is 0 Å². The van der Waals surface area contributed by atoms with E-state index in [0.717, 1.165) is 22.2 Å². The highest BCUT2D eigenvalue weighted by Gasteiger charge is 2.14. The molecule has 0 aliphatic heterocycles. The number of anilines is 2. The predicted molar refractivity (Wildman–Crippen MR) is 110 cm³/mol. The molecule has 0 aliphatic rings. The fourth-order valence-corrected chi connectivity index (χ4v) is 2.68. The molecule has 0 saturated carbocycles. The van der Waals surface area contributed by atoms with E-state index in [1.165, 1.54) is 6.33 Å². The van der Waals surface area contributed by atoms with Crippen LogP contribution >= 0.6 is 0 Å². The van der Waals surface area contributed by atoms with E-state index < -0.39 is 0 Å². The lowest BCUT2D eigenvalue weighted by molar-refractivity contribution is 0.141. The van der Waals surface area contributed by atoms with Crippen LogP contribution in [0.25, 0.3) is 10.9 Å². The van der Waals surface area contributed by atoms with Crippen molar-refractivity contribution in [2.45, 2.75) is 20.0 Å². The molecule has 0 spiro atoms. The second-order valence-electron chi connectivity index (χ2n) is 6.40. The van der Waals surface area contributed by atoms with Crippen LogP contribution in [0.15, 0.2) is 42.7 Å². The molecule has 2 aromatic carbocycles. The topological polar surface area (TPSA) is 65.5 Å². The van der Waals surface area contributed by atoms with Crippen LogP contribution < -0.4 is 14.8 Å². The molecule has 0 bridgehead atoms. The summed E-state index contributed by atoms with van der Waals surface area (Å²) in [6.07, 6.45) is 7.00. The predicted octanol–water partition coefficient (Wildman–Crippen LogP) is 4.17.